The van der Waals surface area contributed by atoms with E-state index in [1.165, 1.54) is 7.11 Å². The largest absolute Gasteiger partial charge is 0.495 e. The molecule has 1 aliphatic rings. The fourth-order valence-corrected chi connectivity index (χ4v) is 2.01. The number of Topliss-reactive ketones (excluding diaryl/α,β-unsaturated/α-hetero) is 1. The summed E-state index contributed by atoms with van der Waals surface area (Å²) in [5.41, 5.74) is 1.09. The number of benzene rings is 1. The van der Waals surface area contributed by atoms with Crippen LogP contribution in [0.1, 0.15) is 15.9 Å². The number of ketones is 1. The van der Waals surface area contributed by atoms with Crippen LogP contribution in [0.4, 0.5) is 5.69 Å². The number of ether oxygens (including phenoxy) is 1. The van der Waals surface area contributed by atoms with Crippen LogP contribution >= 0.6 is 0 Å². The second-order valence-electron chi connectivity index (χ2n) is 3.92. The Morgan fingerprint density at radius 2 is 2.06 bits per heavy atom. The maximum absolute atomic E-state index is 11.8. The number of anilines is 1. The van der Waals surface area contributed by atoms with Crippen LogP contribution in [-0.2, 0) is 9.59 Å². The van der Waals surface area contributed by atoms with Crippen molar-refractivity contribution in [3.63, 3.8) is 0 Å². The molecule has 1 N–H and O–H groups in total. The highest BCUT2D eigenvalue weighted by molar-refractivity contribution is 6.53. The Morgan fingerprint density at radius 1 is 1.39 bits per heavy atom. The molecular weight excluding hydrogens is 238 g/mol. The zero-order chi connectivity index (χ0) is 13.4. The molecule has 0 unspecified atom stereocenters. The van der Waals surface area contributed by atoms with E-state index in [4.69, 9.17) is 9.84 Å². The van der Waals surface area contributed by atoms with E-state index in [9.17, 15) is 14.4 Å². The second-order valence-corrected chi connectivity index (χ2v) is 3.92. The van der Waals surface area contributed by atoms with Crippen molar-refractivity contribution >= 4 is 23.3 Å². The molecular formula is C12H11NO5. The standard InChI is InChI=1S/C12H11NO5/c1-6-3-4-7(18-2)10-9(6)11(16)12(17)13(10)5-8(14)15/h3-4H,5H2,1-2H3,(H,14,15). The predicted molar refractivity (Wildman–Crippen MR) is 62.1 cm³/mol. The molecule has 1 amide bonds. The third-order valence-corrected chi connectivity index (χ3v) is 2.80. The molecule has 0 fully saturated rings. The average molecular weight is 249 g/mol. The number of nitrogens with zero attached hydrogens (tertiary/aromatic N) is 1. The lowest BCUT2D eigenvalue weighted by Crippen LogP contribution is -2.34. The lowest BCUT2D eigenvalue weighted by Gasteiger charge is -2.17. The van der Waals surface area contributed by atoms with E-state index in [2.05, 4.69) is 0 Å². The quantitative estimate of drug-likeness (QED) is 0.794. The molecule has 94 valence electrons. The van der Waals surface area contributed by atoms with Crippen molar-refractivity contribution in [2.75, 3.05) is 18.6 Å². The van der Waals surface area contributed by atoms with Crippen molar-refractivity contribution in [1.82, 2.24) is 0 Å². The smallest absolute Gasteiger partial charge is 0.323 e. The van der Waals surface area contributed by atoms with Gasteiger partial charge in [-0.1, -0.05) is 6.07 Å². The summed E-state index contributed by atoms with van der Waals surface area (Å²) in [4.78, 5) is 35.3. The number of rotatable bonds is 3. The van der Waals surface area contributed by atoms with Gasteiger partial charge in [0.05, 0.1) is 18.4 Å². The molecule has 0 aliphatic carbocycles. The Balaban J connectivity index is 2.65. The maximum Gasteiger partial charge on any atom is 0.323 e. The second kappa shape index (κ2) is 4.14. The Bertz CT molecular complexity index is 564. The van der Waals surface area contributed by atoms with Gasteiger partial charge in [0.2, 0.25) is 0 Å². The number of carbonyl (C=O) groups is 3. The molecule has 0 bridgehead atoms. The van der Waals surface area contributed by atoms with E-state index in [-0.39, 0.29) is 11.3 Å². The molecule has 1 aromatic rings. The summed E-state index contributed by atoms with van der Waals surface area (Å²) in [6.07, 6.45) is 0. The van der Waals surface area contributed by atoms with Gasteiger partial charge in [0.15, 0.2) is 0 Å². The van der Waals surface area contributed by atoms with Crippen molar-refractivity contribution in [1.29, 1.82) is 0 Å². The highest BCUT2D eigenvalue weighted by atomic mass is 16.5. The molecule has 0 saturated carbocycles. The van der Waals surface area contributed by atoms with E-state index in [0.29, 0.717) is 11.3 Å². The molecule has 0 aromatic heterocycles. The number of amides is 1. The van der Waals surface area contributed by atoms with Crippen LogP contribution in [0.3, 0.4) is 0 Å². The molecule has 1 heterocycles. The molecule has 1 aromatic carbocycles. The van der Waals surface area contributed by atoms with Gasteiger partial charge in [-0.15, -0.1) is 0 Å². The van der Waals surface area contributed by atoms with E-state index < -0.39 is 24.2 Å². The molecule has 6 nitrogen and oxygen atoms in total. The van der Waals surface area contributed by atoms with Crippen LogP contribution in [-0.4, -0.2) is 36.4 Å². The number of hydrogen-bond donors (Lipinski definition) is 1. The van der Waals surface area contributed by atoms with E-state index in [1.807, 2.05) is 0 Å². The molecule has 0 atom stereocenters. The van der Waals surface area contributed by atoms with Crippen molar-refractivity contribution in [2.45, 2.75) is 6.92 Å². The van der Waals surface area contributed by atoms with Crippen molar-refractivity contribution < 1.29 is 24.2 Å². The third-order valence-electron chi connectivity index (χ3n) is 2.80. The van der Waals surface area contributed by atoms with Crippen LogP contribution in [0.25, 0.3) is 0 Å². The van der Waals surface area contributed by atoms with E-state index >= 15 is 0 Å². The van der Waals surface area contributed by atoms with Gasteiger partial charge in [-0.25, -0.2) is 0 Å². The molecule has 0 radical (unpaired) electrons. The van der Waals surface area contributed by atoms with Crippen LogP contribution in [0.2, 0.25) is 0 Å². The third kappa shape index (κ3) is 1.62. The van der Waals surface area contributed by atoms with Gasteiger partial charge in [0.25, 0.3) is 11.7 Å². The monoisotopic (exact) mass is 249 g/mol. The summed E-state index contributed by atoms with van der Waals surface area (Å²) in [5, 5.41) is 8.79. The Hall–Kier alpha value is -2.37. The first-order valence-electron chi connectivity index (χ1n) is 5.23. The highest BCUT2D eigenvalue weighted by Gasteiger charge is 2.40. The van der Waals surface area contributed by atoms with Gasteiger partial charge in [-0.3, -0.25) is 19.3 Å². The summed E-state index contributed by atoms with van der Waals surface area (Å²) >= 11 is 0. The number of carboxylic acids is 1. The molecule has 6 heteroatoms. The Morgan fingerprint density at radius 3 is 2.61 bits per heavy atom. The topological polar surface area (TPSA) is 83.9 Å². The molecule has 0 spiro atoms. The number of aryl methyl sites for hydroxylation is 1. The van der Waals surface area contributed by atoms with Crippen LogP contribution < -0.4 is 9.64 Å². The average Bonchev–Trinajstić information content (AvgIpc) is 2.56. The number of carboxylic acid groups (broad SMARTS) is 1. The number of carbonyl (C=O) groups excluding carboxylic acids is 2. The highest BCUT2D eigenvalue weighted by Crippen LogP contribution is 2.39. The fraction of sp³-hybridized carbons (Fsp3) is 0.250. The minimum absolute atomic E-state index is 0.223. The first kappa shape index (κ1) is 12.1. The summed E-state index contributed by atoms with van der Waals surface area (Å²) in [6, 6.07) is 3.27. The normalized spacial score (nSPS) is 13.8. The fourth-order valence-electron chi connectivity index (χ4n) is 2.01. The summed E-state index contributed by atoms with van der Waals surface area (Å²) in [6.45, 7) is 1.13. The predicted octanol–water partition coefficient (Wildman–Crippen LogP) is 0.618. The van der Waals surface area contributed by atoms with Gasteiger partial charge in [0.1, 0.15) is 12.3 Å². The van der Waals surface area contributed by atoms with Crippen LogP contribution in [0.15, 0.2) is 12.1 Å². The minimum atomic E-state index is -1.19. The summed E-state index contributed by atoms with van der Waals surface area (Å²) in [5.74, 6) is -2.40. The molecule has 18 heavy (non-hydrogen) atoms. The number of aliphatic carboxylic acids is 1. The van der Waals surface area contributed by atoms with E-state index in [0.717, 1.165) is 4.90 Å². The summed E-state index contributed by atoms with van der Waals surface area (Å²) in [7, 11) is 1.40. The first-order valence-corrected chi connectivity index (χ1v) is 5.23. The first-order chi connectivity index (χ1) is 8.47. The molecule has 2 rings (SSSR count). The van der Waals surface area contributed by atoms with E-state index in [1.54, 1.807) is 19.1 Å². The maximum atomic E-state index is 11.8. The number of methoxy groups -OCH3 is 1. The van der Waals surface area contributed by atoms with Crippen molar-refractivity contribution in [3.8, 4) is 5.75 Å². The van der Waals surface area contributed by atoms with Gasteiger partial charge < -0.3 is 9.84 Å². The number of fused-ring (bicyclic) bond motifs is 1. The zero-order valence-electron chi connectivity index (χ0n) is 9.89. The van der Waals surface area contributed by atoms with Crippen LogP contribution in [0, 0.1) is 6.92 Å². The van der Waals surface area contributed by atoms with Crippen molar-refractivity contribution in [3.05, 3.63) is 23.3 Å². The zero-order valence-corrected chi connectivity index (χ0v) is 9.89. The molecule has 0 saturated heterocycles. The SMILES string of the molecule is COc1ccc(C)c2c1N(CC(=O)O)C(=O)C2=O. The Kier molecular flexibility index (Phi) is 2.78. The van der Waals surface area contributed by atoms with Crippen molar-refractivity contribution in [2.24, 2.45) is 0 Å². The van der Waals surface area contributed by atoms with Gasteiger partial charge in [-0.05, 0) is 18.6 Å². The van der Waals surface area contributed by atoms with Gasteiger partial charge >= 0.3 is 5.97 Å². The van der Waals surface area contributed by atoms with Crippen LogP contribution in [0.5, 0.6) is 5.75 Å². The number of hydrogen-bond acceptors (Lipinski definition) is 4. The lowest BCUT2D eigenvalue weighted by molar-refractivity contribution is -0.136. The lowest BCUT2D eigenvalue weighted by atomic mass is 10.0. The minimum Gasteiger partial charge on any atom is -0.495 e. The Labute approximate surface area is 103 Å². The molecule has 1 aliphatic heterocycles. The van der Waals surface area contributed by atoms with Gasteiger partial charge in [-0.2, -0.15) is 0 Å². The summed E-state index contributed by atoms with van der Waals surface area (Å²) < 4.78 is 5.08. The van der Waals surface area contributed by atoms with Gasteiger partial charge in [0, 0.05) is 0 Å².